The van der Waals surface area contributed by atoms with Crippen molar-refractivity contribution in [2.45, 2.75) is 4.90 Å². The highest BCUT2D eigenvalue weighted by molar-refractivity contribution is 7.89. The van der Waals surface area contributed by atoms with Crippen LogP contribution in [0.1, 0.15) is 0 Å². The second kappa shape index (κ2) is 3.10. The Morgan fingerprint density at radius 1 is 1.36 bits per heavy atom. The zero-order chi connectivity index (χ0) is 10.2. The third-order valence-electron chi connectivity index (χ3n) is 1.70. The molecule has 0 bridgehead atoms. The number of fused-ring (bicyclic) bond motifs is 1. The van der Waals surface area contributed by atoms with E-state index in [0.29, 0.717) is 24.8 Å². The fourth-order valence-electron chi connectivity index (χ4n) is 1.07. The lowest BCUT2D eigenvalue weighted by atomic mass is 10.4. The molecule has 2 heterocycles. The molecule has 0 amide bonds. The van der Waals surface area contributed by atoms with Crippen molar-refractivity contribution in [3.63, 3.8) is 0 Å². The molecule has 2 N–H and O–H groups in total. The number of pyridine rings is 1. The minimum atomic E-state index is -3.73. The van der Waals surface area contributed by atoms with Gasteiger partial charge in [0, 0.05) is 6.07 Å². The number of hydrogen-bond acceptors (Lipinski definition) is 5. The van der Waals surface area contributed by atoms with Gasteiger partial charge in [0.1, 0.15) is 18.1 Å². The van der Waals surface area contributed by atoms with E-state index in [2.05, 4.69) is 4.98 Å². The van der Waals surface area contributed by atoms with E-state index in [0.717, 1.165) is 6.20 Å². The van der Waals surface area contributed by atoms with Crippen LogP contribution in [0.2, 0.25) is 0 Å². The summed E-state index contributed by atoms with van der Waals surface area (Å²) < 4.78 is 32.2. The number of ether oxygens (including phenoxy) is 2. The zero-order valence-electron chi connectivity index (χ0n) is 7.13. The molecule has 0 spiro atoms. The van der Waals surface area contributed by atoms with Crippen LogP contribution >= 0.6 is 0 Å². The summed E-state index contributed by atoms with van der Waals surface area (Å²) in [6.07, 6.45) is 1.14. The Bertz CT molecular complexity index is 457. The largest absolute Gasteiger partial charge is 0.484 e. The SMILES string of the molecule is NS(=O)(=O)c1cnc2c(c1)OCCO2. The third kappa shape index (κ3) is 1.64. The van der Waals surface area contributed by atoms with E-state index in [1.165, 1.54) is 6.07 Å². The first-order valence-corrected chi connectivity index (χ1v) is 5.40. The summed E-state index contributed by atoms with van der Waals surface area (Å²) in [5.74, 6) is 0.603. The van der Waals surface area contributed by atoms with Gasteiger partial charge in [0.15, 0.2) is 5.75 Å². The van der Waals surface area contributed by atoms with Crippen molar-refractivity contribution >= 4 is 10.0 Å². The van der Waals surface area contributed by atoms with Crippen LogP contribution in [0.5, 0.6) is 11.6 Å². The summed E-state index contributed by atoms with van der Waals surface area (Å²) in [4.78, 5) is 3.70. The van der Waals surface area contributed by atoms with Gasteiger partial charge in [0.25, 0.3) is 5.88 Å². The molecular formula is C7H8N2O4S. The smallest absolute Gasteiger partial charge is 0.257 e. The molecule has 0 radical (unpaired) electrons. The molecule has 0 fully saturated rings. The number of hydrogen-bond donors (Lipinski definition) is 1. The van der Waals surface area contributed by atoms with Crippen molar-refractivity contribution in [2.24, 2.45) is 5.14 Å². The van der Waals surface area contributed by atoms with Crippen molar-refractivity contribution in [1.82, 2.24) is 4.98 Å². The normalized spacial score (nSPS) is 15.2. The molecule has 1 aromatic rings. The molecule has 6 nitrogen and oxygen atoms in total. The summed E-state index contributed by atoms with van der Waals surface area (Å²) in [5, 5.41) is 4.93. The number of nitrogens with zero attached hydrogens (tertiary/aromatic N) is 1. The topological polar surface area (TPSA) is 91.5 Å². The monoisotopic (exact) mass is 216 g/mol. The van der Waals surface area contributed by atoms with Gasteiger partial charge in [-0.25, -0.2) is 18.5 Å². The highest BCUT2D eigenvalue weighted by Crippen LogP contribution is 2.28. The van der Waals surface area contributed by atoms with Gasteiger partial charge in [0.05, 0.1) is 6.20 Å². The van der Waals surface area contributed by atoms with Crippen molar-refractivity contribution in [2.75, 3.05) is 13.2 Å². The molecule has 0 saturated carbocycles. The van der Waals surface area contributed by atoms with Gasteiger partial charge in [-0.15, -0.1) is 0 Å². The fourth-order valence-corrected chi connectivity index (χ4v) is 1.54. The maximum atomic E-state index is 11.0. The van der Waals surface area contributed by atoms with Crippen LogP contribution in [0.4, 0.5) is 0 Å². The quantitative estimate of drug-likeness (QED) is 0.683. The Balaban J connectivity index is 2.49. The van der Waals surface area contributed by atoms with E-state index in [1.54, 1.807) is 0 Å². The van der Waals surface area contributed by atoms with Crippen LogP contribution in [0.3, 0.4) is 0 Å². The minimum absolute atomic E-state index is 0.0817. The lowest BCUT2D eigenvalue weighted by Crippen LogP contribution is -2.18. The molecule has 76 valence electrons. The molecule has 0 aliphatic carbocycles. The molecule has 0 aromatic carbocycles. The Kier molecular flexibility index (Phi) is 2.05. The van der Waals surface area contributed by atoms with Crippen molar-refractivity contribution in [3.05, 3.63) is 12.3 Å². The second-order valence-electron chi connectivity index (χ2n) is 2.72. The van der Waals surface area contributed by atoms with Gasteiger partial charge in [-0.1, -0.05) is 0 Å². The minimum Gasteiger partial charge on any atom is -0.484 e. The van der Waals surface area contributed by atoms with Crippen LogP contribution in [-0.4, -0.2) is 26.6 Å². The van der Waals surface area contributed by atoms with Gasteiger partial charge in [-0.2, -0.15) is 0 Å². The molecule has 0 unspecified atom stereocenters. The van der Waals surface area contributed by atoms with E-state index < -0.39 is 10.0 Å². The van der Waals surface area contributed by atoms with Crippen molar-refractivity contribution < 1.29 is 17.9 Å². The highest BCUT2D eigenvalue weighted by atomic mass is 32.2. The van der Waals surface area contributed by atoms with Crippen molar-refractivity contribution in [1.29, 1.82) is 0 Å². The van der Waals surface area contributed by atoms with E-state index in [1.807, 2.05) is 0 Å². The predicted octanol–water partition coefficient (Wildman–Crippen LogP) is -0.500. The van der Waals surface area contributed by atoms with Gasteiger partial charge < -0.3 is 9.47 Å². The number of nitrogens with two attached hydrogens (primary N) is 1. The van der Waals surface area contributed by atoms with Crippen LogP contribution in [0.25, 0.3) is 0 Å². The molecule has 1 aliphatic rings. The molecule has 14 heavy (non-hydrogen) atoms. The number of rotatable bonds is 1. The number of primary sulfonamides is 1. The zero-order valence-corrected chi connectivity index (χ0v) is 7.95. The summed E-state index contributed by atoms with van der Waals surface area (Å²) in [6, 6.07) is 1.30. The molecule has 7 heteroatoms. The molecule has 0 saturated heterocycles. The first-order valence-electron chi connectivity index (χ1n) is 3.86. The second-order valence-corrected chi connectivity index (χ2v) is 4.28. The van der Waals surface area contributed by atoms with E-state index in [9.17, 15) is 8.42 Å². The Labute approximate surface area is 80.7 Å². The van der Waals surface area contributed by atoms with Gasteiger partial charge in [-0.05, 0) is 0 Å². The van der Waals surface area contributed by atoms with E-state index in [-0.39, 0.29) is 4.90 Å². The third-order valence-corrected chi connectivity index (χ3v) is 2.58. The standard InChI is InChI=1S/C7H8N2O4S/c8-14(10,11)5-3-6-7(9-4-5)13-2-1-12-6/h3-4H,1-2H2,(H2,8,10,11). The Morgan fingerprint density at radius 3 is 2.79 bits per heavy atom. The predicted molar refractivity (Wildman–Crippen MR) is 46.6 cm³/mol. The number of sulfonamides is 1. The maximum Gasteiger partial charge on any atom is 0.257 e. The van der Waals surface area contributed by atoms with Crippen molar-refractivity contribution in [3.8, 4) is 11.6 Å². The molecule has 2 rings (SSSR count). The molecule has 0 atom stereocenters. The average molecular weight is 216 g/mol. The summed E-state index contributed by atoms with van der Waals surface area (Å²) in [5.41, 5.74) is 0. The van der Waals surface area contributed by atoms with Crippen LogP contribution in [0.15, 0.2) is 17.2 Å². The summed E-state index contributed by atoms with van der Waals surface area (Å²) >= 11 is 0. The average Bonchev–Trinajstić information content (AvgIpc) is 2.16. The first-order chi connectivity index (χ1) is 6.57. The Morgan fingerprint density at radius 2 is 2.07 bits per heavy atom. The van der Waals surface area contributed by atoms with E-state index in [4.69, 9.17) is 14.6 Å². The lowest BCUT2D eigenvalue weighted by molar-refractivity contribution is 0.163. The summed E-state index contributed by atoms with van der Waals surface area (Å²) in [7, 11) is -3.73. The summed E-state index contributed by atoms with van der Waals surface area (Å²) in [6.45, 7) is 0.789. The lowest BCUT2D eigenvalue weighted by Gasteiger charge is -2.16. The van der Waals surface area contributed by atoms with Gasteiger partial charge >= 0.3 is 0 Å². The maximum absolute atomic E-state index is 11.0. The molecule has 1 aromatic heterocycles. The Hall–Kier alpha value is -1.34. The molecular weight excluding hydrogens is 208 g/mol. The van der Waals surface area contributed by atoms with Crippen LogP contribution in [0, 0.1) is 0 Å². The van der Waals surface area contributed by atoms with Crippen LogP contribution in [-0.2, 0) is 10.0 Å². The molecule has 1 aliphatic heterocycles. The van der Waals surface area contributed by atoms with E-state index >= 15 is 0 Å². The number of aromatic nitrogens is 1. The van der Waals surface area contributed by atoms with Gasteiger partial charge in [-0.3, -0.25) is 0 Å². The first kappa shape index (κ1) is 9.22. The highest BCUT2D eigenvalue weighted by Gasteiger charge is 2.17. The van der Waals surface area contributed by atoms with Gasteiger partial charge in [0.2, 0.25) is 10.0 Å². The fraction of sp³-hybridized carbons (Fsp3) is 0.286. The van der Waals surface area contributed by atoms with Crippen LogP contribution < -0.4 is 14.6 Å².